The summed E-state index contributed by atoms with van der Waals surface area (Å²) in [4.78, 5) is 4.67. The molecule has 4 aromatic rings. The Hall–Kier alpha value is -1.84. The summed E-state index contributed by atoms with van der Waals surface area (Å²) in [5.41, 5.74) is 4.47. The van der Waals surface area contributed by atoms with Crippen LogP contribution in [0.1, 0.15) is 11.4 Å². The molecular weight excluding hydrogens is 300 g/mol. The third kappa shape index (κ3) is 1.96. The van der Waals surface area contributed by atoms with Gasteiger partial charge in [-0.1, -0.05) is 12.1 Å². The van der Waals surface area contributed by atoms with Crippen molar-refractivity contribution in [2.24, 2.45) is 0 Å². The molecule has 2 heterocycles. The zero-order valence-electron chi connectivity index (χ0n) is 11.5. The lowest BCUT2D eigenvalue weighted by Crippen LogP contribution is -1.99. The van der Waals surface area contributed by atoms with E-state index in [0.717, 1.165) is 22.5 Å². The van der Waals surface area contributed by atoms with Crippen molar-refractivity contribution in [3.63, 3.8) is 0 Å². The fraction of sp³-hybridized carbons (Fsp3) is 0.118. The lowest BCUT2D eigenvalue weighted by Gasteiger charge is -2.09. The van der Waals surface area contributed by atoms with Crippen LogP contribution in [0, 0.1) is 6.92 Å². The number of alkyl halides is 1. The number of benzene rings is 2. The van der Waals surface area contributed by atoms with E-state index in [1.807, 2.05) is 12.1 Å². The van der Waals surface area contributed by atoms with Crippen LogP contribution in [0.4, 0.5) is 0 Å². The summed E-state index contributed by atoms with van der Waals surface area (Å²) < 4.78 is 3.47. The lowest BCUT2D eigenvalue weighted by atomic mass is 10.2. The Balaban J connectivity index is 2.08. The van der Waals surface area contributed by atoms with Crippen LogP contribution in [0.25, 0.3) is 26.8 Å². The quantitative estimate of drug-likeness (QED) is 0.460. The number of aryl methyl sites for hydroxylation is 1. The molecule has 0 amide bonds. The number of fused-ring (bicyclic) bond motifs is 2. The first-order valence-corrected chi connectivity index (χ1v) is 8.20. The predicted octanol–water partition coefficient (Wildman–Crippen LogP) is 5.29. The van der Waals surface area contributed by atoms with Gasteiger partial charge in [0.15, 0.2) is 0 Å². The van der Waals surface area contributed by atoms with Crippen molar-refractivity contribution in [3.05, 3.63) is 59.2 Å². The molecule has 0 radical (unpaired) electrons. The maximum absolute atomic E-state index is 6.12. The number of rotatable bonds is 2. The van der Waals surface area contributed by atoms with Gasteiger partial charge in [-0.15, -0.1) is 22.9 Å². The Morgan fingerprint density at radius 3 is 2.95 bits per heavy atom. The van der Waals surface area contributed by atoms with Crippen LogP contribution in [0.2, 0.25) is 0 Å². The highest BCUT2D eigenvalue weighted by Crippen LogP contribution is 2.29. The van der Waals surface area contributed by atoms with Crippen molar-refractivity contribution in [1.29, 1.82) is 0 Å². The van der Waals surface area contributed by atoms with Gasteiger partial charge in [-0.05, 0) is 53.6 Å². The van der Waals surface area contributed by atoms with Crippen LogP contribution in [0.5, 0.6) is 0 Å². The van der Waals surface area contributed by atoms with Crippen LogP contribution in [0.3, 0.4) is 0 Å². The molecule has 0 fully saturated rings. The van der Waals surface area contributed by atoms with Crippen LogP contribution in [0.15, 0.2) is 47.8 Å². The van der Waals surface area contributed by atoms with Crippen LogP contribution in [-0.4, -0.2) is 9.55 Å². The van der Waals surface area contributed by atoms with E-state index < -0.39 is 0 Å². The highest BCUT2D eigenvalue weighted by Gasteiger charge is 2.13. The summed E-state index contributed by atoms with van der Waals surface area (Å²) in [6.45, 7) is 2.11. The summed E-state index contributed by atoms with van der Waals surface area (Å²) in [5, 5.41) is 3.38. The standard InChI is InChI=1S/C17H13ClN2S/c1-11-3-2-4-14-17(11)20(16(10-18)19-14)13-5-6-15-12(9-13)7-8-21-15/h2-9H,10H2,1H3. The van der Waals surface area contributed by atoms with E-state index in [1.165, 1.54) is 15.6 Å². The van der Waals surface area contributed by atoms with Crippen molar-refractivity contribution in [2.45, 2.75) is 12.8 Å². The zero-order chi connectivity index (χ0) is 14.4. The van der Waals surface area contributed by atoms with Gasteiger partial charge in [0.05, 0.1) is 16.9 Å². The number of halogens is 1. The summed E-state index contributed by atoms with van der Waals surface area (Å²) >= 11 is 7.88. The van der Waals surface area contributed by atoms with Gasteiger partial charge in [0, 0.05) is 10.4 Å². The number of nitrogens with zero attached hydrogens (tertiary/aromatic N) is 2. The van der Waals surface area contributed by atoms with E-state index in [4.69, 9.17) is 11.6 Å². The van der Waals surface area contributed by atoms with Crippen LogP contribution >= 0.6 is 22.9 Å². The molecule has 0 saturated carbocycles. The molecule has 0 atom stereocenters. The number of hydrogen-bond acceptors (Lipinski definition) is 2. The van der Waals surface area contributed by atoms with Crippen molar-refractivity contribution < 1.29 is 0 Å². The second-order valence-corrected chi connectivity index (χ2v) is 6.30. The SMILES string of the molecule is Cc1cccc2nc(CCl)n(-c3ccc4sccc4c3)c12. The minimum absolute atomic E-state index is 0.399. The van der Waals surface area contributed by atoms with Crippen molar-refractivity contribution >= 4 is 44.1 Å². The third-order valence-corrected chi connectivity index (χ3v) is 4.90. The molecule has 0 N–H and O–H groups in total. The smallest absolute Gasteiger partial charge is 0.129 e. The van der Waals surface area contributed by atoms with Crippen molar-refractivity contribution in [2.75, 3.05) is 0 Å². The monoisotopic (exact) mass is 312 g/mol. The number of aromatic nitrogens is 2. The summed E-state index contributed by atoms with van der Waals surface area (Å²) in [6, 6.07) is 14.8. The van der Waals surface area contributed by atoms with Crippen LogP contribution in [-0.2, 0) is 5.88 Å². The summed E-state index contributed by atoms with van der Waals surface area (Å²) in [6.07, 6.45) is 0. The average molecular weight is 313 g/mol. The first-order valence-electron chi connectivity index (χ1n) is 6.78. The van der Waals surface area contributed by atoms with Gasteiger partial charge in [0.25, 0.3) is 0 Å². The first-order chi connectivity index (χ1) is 10.3. The maximum atomic E-state index is 6.12. The van der Waals surface area contributed by atoms with Gasteiger partial charge >= 0.3 is 0 Å². The molecule has 4 rings (SSSR count). The van der Waals surface area contributed by atoms with Crippen molar-refractivity contribution in [1.82, 2.24) is 9.55 Å². The van der Waals surface area contributed by atoms with E-state index in [9.17, 15) is 0 Å². The molecule has 104 valence electrons. The molecule has 0 spiro atoms. The molecule has 0 unspecified atom stereocenters. The molecule has 2 aromatic carbocycles. The molecule has 21 heavy (non-hydrogen) atoms. The molecule has 0 aliphatic carbocycles. The minimum Gasteiger partial charge on any atom is -0.295 e. The number of thiophene rings is 1. The Bertz CT molecular complexity index is 952. The summed E-state index contributed by atoms with van der Waals surface area (Å²) in [5.74, 6) is 1.28. The molecule has 0 saturated heterocycles. The lowest BCUT2D eigenvalue weighted by molar-refractivity contribution is 0.981. The van der Waals surface area contributed by atoms with Gasteiger partial charge in [-0.25, -0.2) is 4.98 Å². The average Bonchev–Trinajstić information content (AvgIpc) is 3.10. The van der Waals surface area contributed by atoms with E-state index in [1.54, 1.807) is 11.3 Å². The predicted molar refractivity (Wildman–Crippen MR) is 90.7 cm³/mol. The number of para-hydroxylation sites is 1. The van der Waals surface area contributed by atoms with Gasteiger partial charge in [-0.3, -0.25) is 4.57 Å². The Labute approximate surface area is 131 Å². The Kier molecular flexibility index (Phi) is 2.98. The highest BCUT2D eigenvalue weighted by atomic mass is 35.5. The first kappa shape index (κ1) is 12.9. The Morgan fingerprint density at radius 1 is 1.19 bits per heavy atom. The molecular formula is C17H13ClN2S. The van der Waals surface area contributed by atoms with Gasteiger partial charge in [0.2, 0.25) is 0 Å². The number of hydrogen-bond donors (Lipinski definition) is 0. The van der Waals surface area contributed by atoms with E-state index >= 15 is 0 Å². The number of imidazole rings is 1. The van der Waals surface area contributed by atoms with E-state index in [2.05, 4.69) is 52.2 Å². The fourth-order valence-corrected chi connectivity index (χ4v) is 3.75. The molecule has 0 bridgehead atoms. The normalized spacial score (nSPS) is 11.5. The highest BCUT2D eigenvalue weighted by molar-refractivity contribution is 7.17. The fourth-order valence-electron chi connectivity index (χ4n) is 2.80. The largest absolute Gasteiger partial charge is 0.295 e. The van der Waals surface area contributed by atoms with E-state index in [0.29, 0.717) is 5.88 Å². The zero-order valence-corrected chi connectivity index (χ0v) is 13.1. The van der Waals surface area contributed by atoms with Gasteiger partial charge in [-0.2, -0.15) is 0 Å². The molecule has 4 heteroatoms. The second-order valence-electron chi connectivity index (χ2n) is 5.08. The van der Waals surface area contributed by atoms with Gasteiger partial charge in [0.1, 0.15) is 5.82 Å². The molecule has 2 nitrogen and oxygen atoms in total. The van der Waals surface area contributed by atoms with Gasteiger partial charge < -0.3 is 0 Å². The molecule has 2 aromatic heterocycles. The minimum atomic E-state index is 0.399. The Morgan fingerprint density at radius 2 is 2.10 bits per heavy atom. The second kappa shape index (κ2) is 4.86. The van der Waals surface area contributed by atoms with E-state index in [-0.39, 0.29) is 0 Å². The van der Waals surface area contributed by atoms with Crippen molar-refractivity contribution in [3.8, 4) is 5.69 Å². The molecule has 0 aliphatic rings. The third-order valence-electron chi connectivity index (χ3n) is 3.76. The summed E-state index contributed by atoms with van der Waals surface area (Å²) in [7, 11) is 0. The van der Waals surface area contributed by atoms with Crippen LogP contribution < -0.4 is 0 Å². The topological polar surface area (TPSA) is 17.8 Å². The maximum Gasteiger partial charge on any atom is 0.129 e. The molecule has 0 aliphatic heterocycles.